The lowest BCUT2D eigenvalue weighted by atomic mass is 10.2. The van der Waals surface area contributed by atoms with E-state index in [2.05, 4.69) is 9.82 Å². The zero-order valence-corrected chi connectivity index (χ0v) is 17.5. The van der Waals surface area contributed by atoms with E-state index >= 15 is 0 Å². The third-order valence-electron chi connectivity index (χ3n) is 4.88. The summed E-state index contributed by atoms with van der Waals surface area (Å²) in [6.45, 7) is 2.58. The predicted octanol–water partition coefficient (Wildman–Crippen LogP) is 2.42. The van der Waals surface area contributed by atoms with Gasteiger partial charge in [0.25, 0.3) is 0 Å². The molecule has 0 radical (unpaired) electrons. The van der Waals surface area contributed by atoms with E-state index in [0.717, 1.165) is 18.4 Å². The largest absolute Gasteiger partial charge is 0.494 e. The van der Waals surface area contributed by atoms with Crippen molar-refractivity contribution in [2.45, 2.75) is 37.2 Å². The average molecular weight is 429 g/mol. The number of nitrogens with one attached hydrogen (secondary N) is 1. The van der Waals surface area contributed by atoms with Gasteiger partial charge in [0.1, 0.15) is 5.75 Å². The maximum Gasteiger partial charge on any atom is 0.346 e. The van der Waals surface area contributed by atoms with Gasteiger partial charge in [-0.25, -0.2) is 22.6 Å². The minimum absolute atomic E-state index is 0.0609. The molecule has 8 nitrogen and oxygen atoms in total. The molecular weight excluding hydrogens is 404 g/mol. The van der Waals surface area contributed by atoms with Gasteiger partial charge in [-0.05, 0) is 44.0 Å². The van der Waals surface area contributed by atoms with E-state index in [1.807, 2.05) is 37.3 Å². The van der Waals surface area contributed by atoms with Crippen LogP contribution in [0.5, 0.6) is 5.75 Å². The van der Waals surface area contributed by atoms with Gasteiger partial charge >= 0.3 is 5.69 Å². The topological polar surface area (TPSA) is 95.2 Å². The first kappa shape index (κ1) is 20.4. The SMILES string of the molecule is CCOc1ccc(S(=O)(=O)NCCn2nc(-c3ccccc3)n(C3CC3)c2=O)cc1. The van der Waals surface area contributed by atoms with Crippen LogP contribution in [-0.4, -0.2) is 35.9 Å². The highest BCUT2D eigenvalue weighted by Crippen LogP contribution is 2.36. The summed E-state index contributed by atoms with van der Waals surface area (Å²) in [5, 5.41) is 4.48. The highest BCUT2D eigenvalue weighted by atomic mass is 32.2. The smallest absolute Gasteiger partial charge is 0.346 e. The lowest BCUT2D eigenvalue weighted by molar-refractivity contribution is 0.340. The fourth-order valence-electron chi connectivity index (χ4n) is 3.26. The molecule has 30 heavy (non-hydrogen) atoms. The molecule has 1 saturated carbocycles. The number of hydrogen-bond acceptors (Lipinski definition) is 5. The fourth-order valence-corrected chi connectivity index (χ4v) is 4.28. The van der Waals surface area contributed by atoms with Crippen LogP contribution in [0.25, 0.3) is 11.4 Å². The van der Waals surface area contributed by atoms with Crippen molar-refractivity contribution >= 4 is 10.0 Å². The Hall–Kier alpha value is -2.91. The Morgan fingerprint density at radius 3 is 2.43 bits per heavy atom. The number of ether oxygens (including phenoxy) is 1. The summed E-state index contributed by atoms with van der Waals surface area (Å²) in [6, 6.07) is 15.9. The first-order valence-corrected chi connectivity index (χ1v) is 11.4. The maximum atomic E-state index is 12.8. The predicted molar refractivity (Wildman–Crippen MR) is 113 cm³/mol. The maximum absolute atomic E-state index is 12.8. The van der Waals surface area contributed by atoms with E-state index in [-0.39, 0.29) is 29.7 Å². The summed E-state index contributed by atoms with van der Waals surface area (Å²) < 4.78 is 36.0. The molecule has 1 fully saturated rings. The molecule has 158 valence electrons. The van der Waals surface area contributed by atoms with Crippen LogP contribution in [0.3, 0.4) is 0 Å². The van der Waals surface area contributed by atoms with Crippen LogP contribution in [0.2, 0.25) is 0 Å². The van der Waals surface area contributed by atoms with Crippen LogP contribution in [-0.2, 0) is 16.6 Å². The van der Waals surface area contributed by atoms with Crippen LogP contribution in [0, 0.1) is 0 Å². The van der Waals surface area contributed by atoms with Crippen molar-refractivity contribution in [1.82, 2.24) is 19.1 Å². The van der Waals surface area contributed by atoms with Crippen molar-refractivity contribution in [1.29, 1.82) is 0 Å². The molecule has 1 aliphatic rings. The number of aromatic nitrogens is 3. The van der Waals surface area contributed by atoms with Crippen molar-refractivity contribution in [3.05, 3.63) is 65.1 Å². The van der Waals surface area contributed by atoms with Crippen molar-refractivity contribution in [2.75, 3.05) is 13.2 Å². The second-order valence-corrected chi connectivity index (χ2v) is 8.87. The molecule has 0 spiro atoms. The summed E-state index contributed by atoms with van der Waals surface area (Å²) in [5.74, 6) is 1.24. The Morgan fingerprint density at radius 2 is 1.80 bits per heavy atom. The van der Waals surface area contributed by atoms with Gasteiger partial charge in [0.15, 0.2) is 5.82 Å². The zero-order valence-electron chi connectivity index (χ0n) is 16.7. The molecule has 4 rings (SSSR count). The summed E-state index contributed by atoms with van der Waals surface area (Å²) >= 11 is 0. The van der Waals surface area contributed by atoms with Gasteiger partial charge in [0, 0.05) is 18.2 Å². The normalized spacial score (nSPS) is 14.0. The Bertz CT molecular complexity index is 1160. The first-order valence-electron chi connectivity index (χ1n) is 9.97. The molecule has 1 N–H and O–H groups in total. The van der Waals surface area contributed by atoms with Crippen molar-refractivity contribution in [3.8, 4) is 17.1 Å². The molecule has 0 bridgehead atoms. The van der Waals surface area contributed by atoms with Crippen molar-refractivity contribution in [3.63, 3.8) is 0 Å². The van der Waals surface area contributed by atoms with Gasteiger partial charge in [0.05, 0.1) is 18.0 Å². The van der Waals surface area contributed by atoms with Crippen LogP contribution < -0.4 is 15.1 Å². The van der Waals surface area contributed by atoms with E-state index in [9.17, 15) is 13.2 Å². The molecule has 0 saturated heterocycles. The number of sulfonamides is 1. The highest BCUT2D eigenvalue weighted by Gasteiger charge is 2.30. The Morgan fingerprint density at radius 1 is 1.10 bits per heavy atom. The second-order valence-electron chi connectivity index (χ2n) is 7.10. The molecule has 1 heterocycles. The van der Waals surface area contributed by atoms with Crippen LogP contribution in [0.15, 0.2) is 64.3 Å². The standard InChI is InChI=1S/C21H24N4O4S/c1-2-29-18-10-12-19(13-11-18)30(27,28)22-14-15-24-21(26)25(17-8-9-17)20(23-24)16-6-4-3-5-7-16/h3-7,10-13,17,22H,2,8-9,14-15H2,1H3. The molecule has 0 amide bonds. The van der Waals surface area contributed by atoms with Gasteiger partial charge in [0.2, 0.25) is 10.0 Å². The fraction of sp³-hybridized carbons (Fsp3) is 0.333. The minimum atomic E-state index is -3.69. The van der Waals surface area contributed by atoms with E-state index < -0.39 is 10.0 Å². The molecule has 9 heteroatoms. The van der Waals surface area contributed by atoms with E-state index in [0.29, 0.717) is 18.2 Å². The molecule has 2 aromatic carbocycles. The van der Waals surface area contributed by atoms with E-state index in [1.54, 1.807) is 16.7 Å². The monoisotopic (exact) mass is 428 g/mol. The zero-order chi connectivity index (χ0) is 21.1. The summed E-state index contributed by atoms with van der Waals surface area (Å²) in [5.41, 5.74) is 0.659. The molecular formula is C21H24N4O4S. The third kappa shape index (κ3) is 4.31. The minimum Gasteiger partial charge on any atom is -0.494 e. The van der Waals surface area contributed by atoms with Gasteiger partial charge in [-0.15, -0.1) is 5.10 Å². The molecule has 3 aromatic rings. The Kier molecular flexibility index (Phi) is 5.74. The summed E-state index contributed by atoms with van der Waals surface area (Å²) in [6.07, 6.45) is 1.91. The van der Waals surface area contributed by atoms with Gasteiger partial charge in [-0.2, -0.15) is 0 Å². The average Bonchev–Trinajstić information content (AvgIpc) is 3.53. The highest BCUT2D eigenvalue weighted by molar-refractivity contribution is 7.89. The van der Waals surface area contributed by atoms with E-state index in [4.69, 9.17) is 4.74 Å². The van der Waals surface area contributed by atoms with Gasteiger partial charge in [-0.3, -0.25) is 4.57 Å². The number of rotatable bonds is 9. The lowest BCUT2D eigenvalue weighted by Gasteiger charge is -2.08. The number of hydrogen-bond donors (Lipinski definition) is 1. The van der Waals surface area contributed by atoms with Crippen LogP contribution >= 0.6 is 0 Å². The van der Waals surface area contributed by atoms with Crippen LogP contribution in [0.1, 0.15) is 25.8 Å². The third-order valence-corrected chi connectivity index (χ3v) is 6.35. The first-order chi connectivity index (χ1) is 14.5. The molecule has 1 aromatic heterocycles. The van der Waals surface area contributed by atoms with Gasteiger partial charge < -0.3 is 4.74 Å². The molecule has 0 aliphatic heterocycles. The Balaban J connectivity index is 1.48. The molecule has 0 unspecified atom stereocenters. The summed E-state index contributed by atoms with van der Waals surface area (Å²) in [7, 11) is -3.69. The quantitative estimate of drug-likeness (QED) is 0.565. The van der Waals surface area contributed by atoms with Gasteiger partial charge in [-0.1, -0.05) is 30.3 Å². The van der Waals surface area contributed by atoms with Crippen molar-refractivity contribution in [2.24, 2.45) is 0 Å². The second kappa shape index (κ2) is 8.45. The van der Waals surface area contributed by atoms with E-state index in [1.165, 1.54) is 16.8 Å². The molecule has 1 aliphatic carbocycles. The number of benzene rings is 2. The lowest BCUT2D eigenvalue weighted by Crippen LogP contribution is -2.32. The Labute approximate surface area is 175 Å². The summed E-state index contributed by atoms with van der Waals surface area (Å²) in [4.78, 5) is 13.0. The van der Waals surface area contributed by atoms with Crippen LogP contribution in [0.4, 0.5) is 0 Å². The van der Waals surface area contributed by atoms with Crippen molar-refractivity contribution < 1.29 is 13.2 Å². The number of nitrogens with zero attached hydrogens (tertiary/aromatic N) is 3. The molecule has 0 atom stereocenters.